The van der Waals surface area contributed by atoms with Crippen LogP contribution >= 0.6 is 0 Å². The van der Waals surface area contributed by atoms with Gasteiger partial charge in [0.25, 0.3) is 0 Å². The number of benzene rings is 3. The molecule has 0 aliphatic carbocycles. The Morgan fingerprint density at radius 2 is 1.74 bits per heavy atom. The zero-order valence-corrected chi connectivity index (χ0v) is 22.4. The zero-order valence-electron chi connectivity index (χ0n) is 22.4. The topological polar surface area (TPSA) is 123 Å². The lowest BCUT2D eigenvalue weighted by Gasteiger charge is -2.23. The van der Waals surface area contributed by atoms with Crippen molar-refractivity contribution in [2.75, 3.05) is 25.0 Å². The Morgan fingerprint density at radius 1 is 1.00 bits per heavy atom. The molecule has 3 aromatic carbocycles. The first-order valence-electron chi connectivity index (χ1n) is 13.3. The second-order valence-corrected chi connectivity index (χ2v) is 9.64. The highest BCUT2D eigenvalue weighted by molar-refractivity contribution is 5.93. The van der Waals surface area contributed by atoms with Crippen molar-refractivity contribution in [2.24, 2.45) is 0 Å². The molecule has 0 spiro atoms. The van der Waals surface area contributed by atoms with Crippen LogP contribution in [-0.2, 0) is 16.1 Å². The molecule has 2 aromatic heterocycles. The maximum Gasteiger partial charge on any atom is 0.573 e. The molecule has 3 heterocycles. The number of alkyl halides is 3. The van der Waals surface area contributed by atoms with Crippen LogP contribution in [0.1, 0.15) is 5.56 Å². The number of anilines is 1. The molecule has 0 saturated carbocycles. The number of aromatic nitrogens is 4. The number of halogens is 3. The fourth-order valence-corrected chi connectivity index (χ4v) is 4.70. The Morgan fingerprint density at radius 3 is 2.56 bits per heavy atom. The van der Waals surface area contributed by atoms with Crippen LogP contribution in [0, 0.1) is 0 Å². The highest BCUT2D eigenvalue weighted by Crippen LogP contribution is 2.33. The number of carbonyl (C=O) groups excluding carboxylic acids is 2. The maximum atomic E-state index is 13.1. The quantitative estimate of drug-likeness (QED) is 0.298. The Kier molecular flexibility index (Phi) is 7.40. The molecule has 0 radical (unpaired) electrons. The standard InChI is InChI=1S/C29H24F3N7O4/c30-29(31,32)43-23-13-7-5-11-20(23)24-36-25-19-10-4-6-12-21(19)34-27(39(25)37-24)35-22-16-38(15-14-33-26(22)40)28(41)42-17-18-8-2-1-3-9-18/h1-13,22H,14-17H2,(H,33,40)(H,34,35)/t22-/m1/s1. The second kappa shape index (κ2) is 11.5. The minimum Gasteiger partial charge on any atom is -0.445 e. The van der Waals surface area contributed by atoms with Gasteiger partial charge in [0.2, 0.25) is 11.9 Å². The normalized spacial score (nSPS) is 15.7. The van der Waals surface area contributed by atoms with Gasteiger partial charge in [-0.25, -0.2) is 14.8 Å². The summed E-state index contributed by atoms with van der Waals surface area (Å²) in [7, 11) is 0. The SMILES string of the molecule is O=C1NCCN(C(=O)OCc2ccccc2)C[C@H]1Nc1nc2ccccc2c2nc(-c3ccccc3OC(F)(F)F)nn12. The van der Waals surface area contributed by atoms with E-state index in [1.165, 1.54) is 27.6 Å². The highest BCUT2D eigenvalue weighted by atomic mass is 19.4. The summed E-state index contributed by atoms with van der Waals surface area (Å²) in [5, 5.41) is 10.9. The second-order valence-electron chi connectivity index (χ2n) is 9.64. The number of hydrogen-bond acceptors (Lipinski definition) is 8. The van der Waals surface area contributed by atoms with Gasteiger partial charge in [-0.15, -0.1) is 18.3 Å². The lowest BCUT2D eigenvalue weighted by molar-refractivity contribution is -0.274. The summed E-state index contributed by atoms with van der Waals surface area (Å²) in [6, 6.07) is 20.8. The molecule has 1 fully saturated rings. The van der Waals surface area contributed by atoms with Crippen molar-refractivity contribution in [1.29, 1.82) is 0 Å². The third kappa shape index (κ3) is 6.12. The monoisotopic (exact) mass is 591 g/mol. The van der Waals surface area contributed by atoms with Gasteiger partial charge in [0, 0.05) is 18.5 Å². The molecule has 14 heteroatoms. The van der Waals surface area contributed by atoms with E-state index in [-0.39, 0.29) is 55.1 Å². The van der Waals surface area contributed by atoms with Gasteiger partial charge in [-0.2, -0.15) is 4.52 Å². The van der Waals surface area contributed by atoms with Crippen LogP contribution in [0.5, 0.6) is 5.75 Å². The van der Waals surface area contributed by atoms with Crippen LogP contribution in [0.25, 0.3) is 27.9 Å². The molecule has 1 aliphatic heterocycles. The van der Waals surface area contributed by atoms with Gasteiger partial charge in [0.05, 0.1) is 17.6 Å². The van der Waals surface area contributed by atoms with Gasteiger partial charge in [-0.1, -0.05) is 54.6 Å². The number of hydrogen-bond donors (Lipinski definition) is 2. The Labute approximate surface area is 242 Å². The molecule has 6 rings (SSSR count). The van der Waals surface area contributed by atoms with E-state index in [0.29, 0.717) is 10.9 Å². The Hall–Kier alpha value is -5.40. The van der Waals surface area contributed by atoms with Crippen molar-refractivity contribution in [3.05, 3.63) is 84.4 Å². The highest BCUT2D eigenvalue weighted by Gasteiger charge is 2.33. The van der Waals surface area contributed by atoms with E-state index in [0.717, 1.165) is 5.56 Å². The summed E-state index contributed by atoms with van der Waals surface area (Å²) in [5.41, 5.74) is 1.63. The number of ether oxygens (including phenoxy) is 2. The van der Waals surface area contributed by atoms with E-state index < -0.39 is 24.2 Å². The predicted molar refractivity (Wildman–Crippen MR) is 149 cm³/mol. The molecule has 11 nitrogen and oxygen atoms in total. The van der Waals surface area contributed by atoms with E-state index in [9.17, 15) is 22.8 Å². The molecule has 220 valence electrons. The molecule has 0 bridgehead atoms. The lowest BCUT2D eigenvalue weighted by Crippen LogP contribution is -2.44. The summed E-state index contributed by atoms with van der Waals surface area (Å²) in [4.78, 5) is 36.5. The van der Waals surface area contributed by atoms with E-state index in [4.69, 9.17) is 4.74 Å². The predicted octanol–water partition coefficient (Wildman–Crippen LogP) is 4.39. The molecule has 1 aliphatic rings. The van der Waals surface area contributed by atoms with Crippen molar-refractivity contribution in [3.8, 4) is 17.1 Å². The minimum absolute atomic E-state index is 0.0121. The number of nitrogens with one attached hydrogen (secondary N) is 2. The molecule has 0 unspecified atom stereocenters. The van der Waals surface area contributed by atoms with Gasteiger partial charge in [-0.3, -0.25) is 4.79 Å². The summed E-state index contributed by atoms with van der Waals surface area (Å²) >= 11 is 0. The smallest absolute Gasteiger partial charge is 0.445 e. The van der Waals surface area contributed by atoms with Gasteiger partial charge >= 0.3 is 12.5 Å². The van der Waals surface area contributed by atoms with Crippen molar-refractivity contribution in [1.82, 2.24) is 29.8 Å². The van der Waals surface area contributed by atoms with Gasteiger partial charge in [0.15, 0.2) is 11.5 Å². The van der Waals surface area contributed by atoms with Gasteiger partial charge < -0.3 is 25.0 Å². The molecule has 5 aromatic rings. The molecule has 2 N–H and O–H groups in total. The largest absolute Gasteiger partial charge is 0.573 e. The van der Waals surface area contributed by atoms with Crippen LogP contribution in [-0.4, -0.2) is 68.5 Å². The van der Waals surface area contributed by atoms with Crippen LogP contribution in [0.4, 0.5) is 23.9 Å². The summed E-state index contributed by atoms with van der Waals surface area (Å²) in [5.74, 6) is -0.796. The molecule has 2 amide bonds. The van der Waals surface area contributed by atoms with E-state index in [2.05, 4.69) is 30.4 Å². The third-order valence-corrected chi connectivity index (χ3v) is 6.70. The number of para-hydroxylation sites is 2. The fraction of sp³-hybridized carbons (Fsp3) is 0.207. The Bertz CT molecular complexity index is 1800. The van der Waals surface area contributed by atoms with Crippen molar-refractivity contribution in [3.63, 3.8) is 0 Å². The van der Waals surface area contributed by atoms with Crippen LogP contribution in [0.3, 0.4) is 0 Å². The minimum atomic E-state index is -4.92. The van der Waals surface area contributed by atoms with E-state index in [1.54, 1.807) is 30.3 Å². The lowest BCUT2D eigenvalue weighted by atomic mass is 10.2. The molecular formula is C29H24F3N7O4. The van der Waals surface area contributed by atoms with Gasteiger partial charge in [0.1, 0.15) is 18.4 Å². The van der Waals surface area contributed by atoms with Crippen molar-refractivity contribution >= 4 is 34.5 Å². The molecule has 1 atom stereocenters. The first kappa shape index (κ1) is 27.8. The average molecular weight is 592 g/mol. The number of carbonyl (C=O) groups is 2. The maximum absolute atomic E-state index is 13.1. The third-order valence-electron chi connectivity index (χ3n) is 6.70. The molecule has 43 heavy (non-hydrogen) atoms. The van der Waals surface area contributed by atoms with Crippen LogP contribution in [0.15, 0.2) is 78.9 Å². The van der Waals surface area contributed by atoms with E-state index in [1.807, 2.05) is 30.3 Å². The Balaban J connectivity index is 1.33. The number of rotatable bonds is 6. The summed E-state index contributed by atoms with van der Waals surface area (Å²) in [6.45, 7) is 0.464. The number of nitrogens with zero attached hydrogens (tertiary/aromatic N) is 5. The first-order chi connectivity index (χ1) is 20.7. The first-order valence-corrected chi connectivity index (χ1v) is 13.3. The van der Waals surface area contributed by atoms with Gasteiger partial charge in [-0.05, 0) is 29.8 Å². The van der Waals surface area contributed by atoms with E-state index >= 15 is 0 Å². The fourth-order valence-electron chi connectivity index (χ4n) is 4.70. The number of fused-ring (bicyclic) bond motifs is 3. The average Bonchev–Trinajstić information content (AvgIpc) is 3.36. The zero-order chi connectivity index (χ0) is 30.0. The summed E-state index contributed by atoms with van der Waals surface area (Å²) in [6.07, 6.45) is -5.51. The van der Waals surface area contributed by atoms with Crippen LogP contribution in [0.2, 0.25) is 0 Å². The molecule has 1 saturated heterocycles. The van der Waals surface area contributed by atoms with Crippen molar-refractivity contribution in [2.45, 2.75) is 19.0 Å². The summed E-state index contributed by atoms with van der Waals surface area (Å²) < 4.78 is 50.3. The number of amides is 2. The van der Waals surface area contributed by atoms with Crippen LogP contribution < -0.4 is 15.4 Å². The molecular weight excluding hydrogens is 567 g/mol. The van der Waals surface area contributed by atoms with Crippen molar-refractivity contribution < 1.29 is 32.2 Å².